The van der Waals surface area contributed by atoms with Crippen LogP contribution in [0.15, 0.2) is 10.6 Å². The van der Waals surface area contributed by atoms with Crippen molar-refractivity contribution in [2.75, 3.05) is 0 Å². The number of carbonyl (C=O) groups is 2. The van der Waals surface area contributed by atoms with Gasteiger partial charge in [-0.3, -0.25) is 4.79 Å². The van der Waals surface area contributed by atoms with Gasteiger partial charge in [0.25, 0.3) is 0 Å². The van der Waals surface area contributed by atoms with Crippen molar-refractivity contribution < 1.29 is 19.1 Å². The third kappa shape index (κ3) is 2.70. The molecule has 0 radical (unpaired) electrons. The number of ketones is 1. The van der Waals surface area contributed by atoms with E-state index >= 15 is 0 Å². The Morgan fingerprint density at radius 3 is 2.77 bits per heavy atom. The number of nitrogens with zero attached hydrogens (tertiary/aromatic N) is 1. The summed E-state index contributed by atoms with van der Waals surface area (Å²) in [5.41, 5.74) is 0. The summed E-state index contributed by atoms with van der Waals surface area (Å²) >= 11 is 0. The van der Waals surface area contributed by atoms with E-state index in [9.17, 15) is 9.59 Å². The Balaban J connectivity index is 2.44. The number of aryl methyl sites for hydroxylation is 2. The summed E-state index contributed by atoms with van der Waals surface area (Å²) < 4.78 is 5.06. The maximum absolute atomic E-state index is 10.7. The third-order valence-electron chi connectivity index (χ3n) is 1.47. The van der Waals surface area contributed by atoms with E-state index in [1.165, 1.54) is 6.20 Å². The van der Waals surface area contributed by atoms with Crippen LogP contribution in [-0.4, -0.2) is 21.8 Å². The highest BCUT2D eigenvalue weighted by Gasteiger charge is 2.12. The van der Waals surface area contributed by atoms with Gasteiger partial charge in [-0.05, 0) is 6.92 Å². The molecule has 1 aromatic rings. The van der Waals surface area contributed by atoms with Gasteiger partial charge in [-0.15, -0.1) is 0 Å². The van der Waals surface area contributed by atoms with E-state index in [2.05, 4.69) is 4.98 Å². The van der Waals surface area contributed by atoms with Crippen LogP contribution in [0.4, 0.5) is 0 Å². The quantitative estimate of drug-likeness (QED) is 0.690. The van der Waals surface area contributed by atoms with Crippen molar-refractivity contribution in [2.24, 2.45) is 0 Å². The molecular formula is C8H9NO4. The molecule has 0 fully saturated rings. The molecular weight excluding hydrogens is 174 g/mol. The second-order valence-corrected chi connectivity index (χ2v) is 2.59. The van der Waals surface area contributed by atoms with Crippen molar-refractivity contribution in [1.29, 1.82) is 0 Å². The number of hydrogen-bond donors (Lipinski definition) is 1. The van der Waals surface area contributed by atoms with Crippen LogP contribution in [0.5, 0.6) is 0 Å². The average Bonchev–Trinajstić information content (AvgIpc) is 2.47. The van der Waals surface area contributed by atoms with Gasteiger partial charge >= 0.3 is 5.97 Å². The molecule has 0 atom stereocenters. The fourth-order valence-electron chi connectivity index (χ4n) is 0.844. The number of rotatable bonds is 4. The lowest BCUT2D eigenvalue weighted by Gasteiger charge is -1.91. The zero-order valence-corrected chi connectivity index (χ0v) is 7.11. The lowest BCUT2D eigenvalue weighted by atomic mass is 10.2. The summed E-state index contributed by atoms with van der Waals surface area (Å²) in [4.78, 5) is 24.6. The molecule has 5 nitrogen and oxygen atoms in total. The zero-order valence-electron chi connectivity index (χ0n) is 7.11. The van der Waals surface area contributed by atoms with Crippen LogP contribution >= 0.6 is 0 Å². The van der Waals surface area contributed by atoms with Crippen LogP contribution in [-0.2, 0) is 16.0 Å². The smallest absolute Gasteiger partial charge is 0.372 e. The third-order valence-corrected chi connectivity index (χ3v) is 1.47. The van der Waals surface area contributed by atoms with E-state index in [-0.39, 0.29) is 12.8 Å². The van der Waals surface area contributed by atoms with E-state index in [0.29, 0.717) is 11.7 Å². The maximum atomic E-state index is 10.7. The van der Waals surface area contributed by atoms with Crippen molar-refractivity contribution in [3.8, 4) is 0 Å². The van der Waals surface area contributed by atoms with Gasteiger partial charge in [0.2, 0.25) is 5.78 Å². The minimum Gasteiger partial charge on any atom is -0.476 e. The largest absolute Gasteiger partial charge is 0.476 e. The first kappa shape index (κ1) is 9.44. The Bertz CT molecular complexity index is 329. The Kier molecular flexibility index (Phi) is 2.79. The number of oxazole rings is 1. The lowest BCUT2D eigenvalue weighted by molar-refractivity contribution is -0.149. The maximum Gasteiger partial charge on any atom is 0.372 e. The predicted octanol–water partition coefficient (Wildman–Crippen LogP) is 0.569. The fraction of sp³-hybridized carbons (Fsp3) is 0.375. The number of carbonyl (C=O) groups excluding carboxylic acids is 1. The zero-order chi connectivity index (χ0) is 9.84. The van der Waals surface area contributed by atoms with Crippen LogP contribution in [0.3, 0.4) is 0 Å². The van der Waals surface area contributed by atoms with Gasteiger partial charge in [-0.25, -0.2) is 9.78 Å². The normalized spacial score (nSPS) is 9.92. The van der Waals surface area contributed by atoms with Gasteiger partial charge in [0, 0.05) is 12.8 Å². The van der Waals surface area contributed by atoms with Gasteiger partial charge < -0.3 is 9.52 Å². The summed E-state index contributed by atoms with van der Waals surface area (Å²) in [5.74, 6) is -1.19. The molecule has 0 amide bonds. The summed E-state index contributed by atoms with van der Waals surface area (Å²) in [6, 6.07) is 0. The van der Waals surface area contributed by atoms with E-state index in [0.717, 1.165) is 0 Å². The summed E-state index contributed by atoms with van der Waals surface area (Å²) in [6.45, 7) is 1.73. The van der Waals surface area contributed by atoms with Crippen molar-refractivity contribution in [2.45, 2.75) is 19.8 Å². The molecule has 0 aromatic carbocycles. The summed E-state index contributed by atoms with van der Waals surface area (Å²) in [7, 11) is 0. The topological polar surface area (TPSA) is 80.4 Å². The number of aliphatic carboxylic acids is 1. The number of carboxylic acid groups (broad SMARTS) is 1. The number of carboxylic acids is 1. The first-order valence-electron chi connectivity index (χ1n) is 3.77. The highest BCUT2D eigenvalue weighted by Crippen LogP contribution is 2.04. The summed E-state index contributed by atoms with van der Waals surface area (Å²) in [6.07, 6.45) is 1.69. The van der Waals surface area contributed by atoms with Crippen molar-refractivity contribution in [3.63, 3.8) is 0 Å². The molecule has 0 aliphatic rings. The van der Waals surface area contributed by atoms with Gasteiger partial charge in [-0.1, -0.05) is 0 Å². The fourth-order valence-corrected chi connectivity index (χ4v) is 0.844. The summed E-state index contributed by atoms with van der Waals surface area (Å²) in [5, 5.41) is 8.26. The molecule has 0 aliphatic heterocycles. The molecule has 5 heteroatoms. The Hall–Kier alpha value is -1.65. The van der Waals surface area contributed by atoms with Gasteiger partial charge in [-0.2, -0.15) is 0 Å². The monoisotopic (exact) mass is 183 g/mol. The first-order chi connectivity index (χ1) is 6.09. The standard InChI is InChI=1S/C8H9NO4/c1-5-4-9-7(13-5)3-2-6(10)8(11)12/h4H,2-3H2,1H3,(H,11,12). The van der Waals surface area contributed by atoms with Crippen LogP contribution in [0.2, 0.25) is 0 Å². The molecule has 1 N–H and O–H groups in total. The second kappa shape index (κ2) is 3.84. The van der Waals surface area contributed by atoms with Crippen LogP contribution in [0.1, 0.15) is 18.1 Å². The molecule has 1 heterocycles. The van der Waals surface area contributed by atoms with Crippen LogP contribution < -0.4 is 0 Å². The molecule has 0 bridgehead atoms. The minimum atomic E-state index is -1.41. The molecule has 13 heavy (non-hydrogen) atoms. The van der Waals surface area contributed by atoms with Gasteiger partial charge in [0.05, 0.1) is 6.20 Å². The van der Waals surface area contributed by atoms with E-state index in [4.69, 9.17) is 9.52 Å². The molecule has 0 spiro atoms. The number of Topliss-reactive ketones (excluding diaryl/α,β-unsaturated/α-hetero) is 1. The number of hydrogen-bond acceptors (Lipinski definition) is 4. The molecule has 0 saturated heterocycles. The highest BCUT2D eigenvalue weighted by molar-refractivity contribution is 6.32. The lowest BCUT2D eigenvalue weighted by Crippen LogP contribution is -2.12. The highest BCUT2D eigenvalue weighted by atomic mass is 16.4. The SMILES string of the molecule is Cc1cnc(CCC(=O)C(=O)O)o1. The molecule has 1 rings (SSSR count). The Labute approximate surface area is 74.4 Å². The molecule has 0 saturated carbocycles. The molecule has 0 unspecified atom stereocenters. The average molecular weight is 183 g/mol. The van der Waals surface area contributed by atoms with Crippen LogP contribution in [0.25, 0.3) is 0 Å². The minimum absolute atomic E-state index is 0.0741. The first-order valence-corrected chi connectivity index (χ1v) is 3.77. The molecule has 1 aromatic heterocycles. The van der Waals surface area contributed by atoms with E-state index in [1.807, 2.05) is 0 Å². The predicted molar refractivity (Wildman–Crippen MR) is 42.2 cm³/mol. The van der Waals surface area contributed by atoms with Crippen molar-refractivity contribution in [1.82, 2.24) is 4.98 Å². The van der Waals surface area contributed by atoms with Gasteiger partial charge in [0.15, 0.2) is 5.89 Å². The molecule has 0 aliphatic carbocycles. The van der Waals surface area contributed by atoms with Crippen LogP contribution in [0, 0.1) is 6.92 Å². The van der Waals surface area contributed by atoms with E-state index < -0.39 is 11.8 Å². The Morgan fingerprint density at radius 1 is 1.62 bits per heavy atom. The second-order valence-electron chi connectivity index (χ2n) is 2.59. The van der Waals surface area contributed by atoms with E-state index in [1.54, 1.807) is 6.92 Å². The number of aromatic nitrogens is 1. The van der Waals surface area contributed by atoms with Crippen molar-refractivity contribution in [3.05, 3.63) is 17.8 Å². The Morgan fingerprint density at radius 2 is 2.31 bits per heavy atom. The molecule has 70 valence electrons. The van der Waals surface area contributed by atoms with Crippen molar-refractivity contribution >= 4 is 11.8 Å². The van der Waals surface area contributed by atoms with Gasteiger partial charge in [0.1, 0.15) is 5.76 Å².